The molecule has 0 radical (unpaired) electrons. The van der Waals surface area contributed by atoms with Crippen LogP contribution in [0.5, 0.6) is 0 Å². The van der Waals surface area contributed by atoms with Crippen molar-refractivity contribution in [3.05, 3.63) is 15.8 Å². The van der Waals surface area contributed by atoms with E-state index in [4.69, 9.17) is 0 Å². The lowest BCUT2D eigenvalue weighted by atomic mass is 10.3. The molecule has 0 saturated heterocycles. The van der Waals surface area contributed by atoms with Gasteiger partial charge < -0.3 is 5.32 Å². The van der Waals surface area contributed by atoms with Crippen LogP contribution < -0.4 is 5.32 Å². The molecule has 0 atom stereocenters. The molecule has 0 amide bonds. The highest BCUT2D eigenvalue weighted by Gasteiger charge is 2.38. The van der Waals surface area contributed by atoms with Crippen LogP contribution in [0.15, 0.2) is 10.3 Å². The molecule has 0 aromatic carbocycles. The van der Waals surface area contributed by atoms with Crippen molar-refractivity contribution in [1.29, 1.82) is 0 Å². The largest absolute Gasteiger partial charge is 0.315 e. The van der Waals surface area contributed by atoms with Crippen molar-refractivity contribution in [2.45, 2.75) is 44.2 Å². The molecule has 1 heterocycles. The van der Waals surface area contributed by atoms with Gasteiger partial charge in [-0.15, -0.1) is 11.3 Å². The summed E-state index contributed by atoms with van der Waals surface area (Å²) in [5.74, 6) is 0. The van der Waals surface area contributed by atoms with Crippen LogP contribution in [0, 0.1) is 6.92 Å². The van der Waals surface area contributed by atoms with Gasteiger partial charge >= 0.3 is 0 Å². The van der Waals surface area contributed by atoms with Crippen LogP contribution in [-0.4, -0.2) is 32.4 Å². The summed E-state index contributed by atoms with van der Waals surface area (Å²) in [4.78, 5) is 1.43. The van der Waals surface area contributed by atoms with Crippen molar-refractivity contribution >= 4 is 21.4 Å². The summed E-state index contributed by atoms with van der Waals surface area (Å²) < 4.78 is 27.1. The SMILES string of the molecule is CCN(C1CC1)S(=O)(=O)c1c(C)csc1CNC. The molecule has 1 saturated carbocycles. The minimum atomic E-state index is -3.32. The zero-order valence-corrected chi connectivity index (χ0v) is 12.7. The van der Waals surface area contributed by atoms with Crippen LogP contribution in [-0.2, 0) is 16.6 Å². The Kier molecular flexibility index (Phi) is 4.11. The molecule has 1 aliphatic carbocycles. The van der Waals surface area contributed by atoms with E-state index in [0.29, 0.717) is 18.0 Å². The first kappa shape index (κ1) is 14.0. The van der Waals surface area contributed by atoms with E-state index in [1.165, 1.54) is 11.3 Å². The van der Waals surface area contributed by atoms with Gasteiger partial charge in [0, 0.05) is 24.0 Å². The second-order valence-electron chi connectivity index (χ2n) is 4.64. The predicted molar refractivity (Wildman–Crippen MR) is 74.4 cm³/mol. The molecule has 0 bridgehead atoms. The van der Waals surface area contributed by atoms with Gasteiger partial charge in [-0.25, -0.2) is 8.42 Å². The number of rotatable bonds is 6. The maximum Gasteiger partial charge on any atom is 0.244 e. The second kappa shape index (κ2) is 5.28. The molecule has 1 aromatic heterocycles. The highest BCUT2D eigenvalue weighted by atomic mass is 32.2. The van der Waals surface area contributed by atoms with Crippen molar-refractivity contribution in [1.82, 2.24) is 9.62 Å². The maximum absolute atomic E-state index is 12.7. The summed E-state index contributed by atoms with van der Waals surface area (Å²) in [5.41, 5.74) is 0.865. The summed E-state index contributed by atoms with van der Waals surface area (Å²) in [5, 5.41) is 4.97. The first-order valence-electron chi connectivity index (χ1n) is 6.25. The van der Waals surface area contributed by atoms with Crippen molar-refractivity contribution in [2.75, 3.05) is 13.6 Å². The van der Waals surface area contributed by atoms with Crippen LogP contribution in [0.3, 0.4) is 0 Å². The molecule has 1 N–H and O–H groups in total. The monoisotopic (exact) mass is 288 g/mol. The molecule has 2 rings (SSSR count). The molecular formula is C12H20N2O2S2. The Morgan fingerprint density at radius 3 is 2.67 bits per heavy atom. The smallest absolute Gasteiger partial charge is 0.244 e. The Bertz CT molecular complexity index is 518. The van der Waals surface area contributed by atoms with Crippen LogP contribution in [0.2, 0.25) is 0 Å². The molecule has 1 aliphatic rings. The lowest BCUT2D eigenvalue weighted by Gasteiger charge is -2.21. The number of sulfonamides is 1. The van der Waals surface area contributed by atoms with Gasteiger partial charge in [-0.3, -0.25) is 0 Å². The van der Waals surface area contributed by atoms with Crippen molar-refractivity contribution in [3.8, 4) is 0 Å². The standard InChI is InChI=1S/C12H20N2O2S2/c1-4-14(10-5-6-10)18(15,16)12-9(2)8-17-11(12)7-13-3/h8,10,13H,4-7H2,1-3H3. The number of hydrogen-bond acceptors (Lipinski definition) is 4. The third kappa shape index (κ3) is 2.47. The first-order valence-corrected chi connectivity index (χ1v) is 8.57. The van der Waals surface area contributed by atoms with Crippen molar-refractivity contribution < 1.29 is 8.42 Å². The summed E-state index contributed by atoms with van der Waals surface area (Å²) in [7, 11) is -1.49. The highest BCUT2D eigenvalue weighted by molar-refractivity contribution is 7.89. The van der Waals surface area contributed by atoms with E-state index in [1.807, 2.05) is 26.3 Å². The highest BCUT2D eigenvalue weighted by Crippen LogP contribution is 2.35. The number of hydrogen-bond donors (Lipinski definition) is 1. The average Bonchev–Trinajstić information content (AvgIpc) is 3.04. The molecule has 102 valence electrons. The Morgan fingerprint density at radius 1 is 1.50 bits per heavy atom. The van der Waals surface area contributed by atoms with E-state index in [0.717, 1.165) is 23.3 Å². The summed E-state index contributed by atoms with van der Waals surface area (Å²) in [6, 6.07) is 0.224. The Morgan fingerprint density at radius 2 is 2.17 bits per heavy atom. The van der Waals surface area contributed by atoms with Gasteiger partial charge in [0.25, 0.3) is 0 Å². The third-order valence-corrected chi connectivity index (χ3v) is 6.65. The Balaban J connectivity index is 2.42. The van der Waals surface area contributed by atoms with E-state index in [9.17, 15) is 8.42 Å². The minimum absolute atomic E-state index is 0.224. The quantitative estimate of drug-likeness (QED) is 0.870. The molecule has 6 heteroatoms. The van der Waals surface area contributed by atoms with Crippen molar-refractivity contribution in [3.63, 3.8) is 0 Å². The van der Waals surface area contributed by atoms with Crippen molar-refractivity contribution in [2.24, 2.45) is 0 Å². The number of nitrogens with one attached hydrogen (secondary N) is 1. The first-order chi connectivity index (χ1) is 8.52. The van der Waals surface area contributed by atoms with Gasteiger partial charge in [0.15, 0.2) is 0 Å². The summed E-state index contributed by atoms with van der Waals surface area (Å²) >= 11 is 1.52. The molecule has 0 unspecified atom stereocenters. The topological polar surface area (TPSA) is 49.4 Å². The zero-order valence-electron chi connectivity index (χ0n) is 11.1. The van der Waals surface area contributed by atoms with E-state index in [-0.39, 0.29) is 6.04 Å². The van der Waals surface area contributed by atoms with Gasteiger partial charge in [-0.2, -0.15) is 4.31 Å². The lowest BCUT2D eigenvalue weighted by molar-refractivity contribution is 0.420. The summed E-state index contributed by atoms with van der Waals surface area (Å²) in [6.45, 7) is 4.95. The maximum atomic E-state index is 12.7. The predicted octanol–water partition coefficient (Wildman–Crippen LogP) is 1.95. The van der Waals surface area contributed by atoms with Gasteiger partial charge in [0.05, 0.1) is 0 Å². The molecule has 0 spiro atoms. The fourth-order valence-corrected chi connectivity index (χ4v) is 5.69. The van der Waals surface area contributed by atoms with E-state index in [1.54, 1.807) is 4.31 Å². The summed E-state index contributed by atoms with van der Waals surface area (Å²) in [6.07, 6.45) is 2.00. The fraction of sp³-hybridized carbons (Fsp3) is 0.667. The van der Waals surface area contributed by atoms with Crippen LogP contribution >= 0.6 is 11.3 Å². The average molecular weight is 288 g/mol. The number of nitrogens with zero attached hydrogens (tertiary/aromatic N) is 1. The number of aryl methyl sites for hydroxylation is 1. The second-order valence-corrected chi connectivity index (χ2v) is 7.43. The van der Waals surface area contributed by atoms with E-state index in [2.05, 4.69) is 5.32 Å². The zero-order chi connectivity index (χ0) is 13.3. The van der Waals surface area contributed by atoms with Crippen LogP contribution in [0.1, 0.15) is 30.2 Å². The lowest BCUT2D eigenvalue weighted by Crippen LogP contribution is -2.33. The molecule has 4 nitrogen and oxygen atoms in total. The van der Waals surface area contributed by atoms with Gasteiger partial charge in [-0.1, -0.05) is 6.92 Å². The molecule has 0 aliphatic heterocycles. The van der Waals surface area contributed by atoms with Crippen LogP contribution in [0.4, 0.5) is 0 Å². The minimum Gasteiger partial charge on any atom is -0.315 e. The van der Waals surface area contributed by atoms with Gasteiger partial charge in [0.2, 0.25) is 10.0 Å². The van der Waals surface area contributed by atoms with E-state index < -0.39 is 10.0 Å². The number of thiophene rings is 1. The molecule has 18 heavy (non-hydrogen) atoms. The molecule has 1 aromatic rings. The fourth-order valence-electron chi connectivity index (χ4n) is 2.22. The van der Waals surface area contributed by atoms with Crippen LogP contribution in [0.25, 0.3) is 0 Å². The third-order valence-electron chi connectivity index (χ3n) is 3.16. The Labute approximate surface area is 113 Å². The van der Waals surface area contributed by atoms with Gasteiger partial charge in [-0.05, 0) is 37.8 Å². The molecular weight excluding hydrogens is 268 g/mol. The van der Waals surface area contributed by atoms with Gasteiger partial charge in [0.1, 0.15) is 4.90 Å². The normalized spacial score (nSPS) is 16.4. The Hall–Kier alpha value is -0.430. The van der Waals surface area contributed by atoms with E-state index >= 15 is 0 Å². The molecule has 1 fully saturated rings.